The highest BCUT2D eigenvalue weighted by Crippen LogP contribution is 2.39. The zero-order chi connectivity index (χ0) is 15.1. The molecule has 0 N–H and O–H groups in total. The van der Waals surface area contributed by atoms with E-state index in [2.05, 4.69) is 9.97 Å². The monoisotopic (exact) mass is 314 g/mol. The number of aromatic nitrogens is 2. The first-order chi connectivity index (χ1) is 9.91. The van der Waals surface area contributed by atoms with Crippen molar-refractivity contribution in [1.29, 1.82) is 0 Å². The first-order valence-corrected chi connectivity index (χ1v) is 8.96. The molecule has 21 heavy (non-hydrogen) atoms. The second kappa shape index (κ2) is 5.17. The maximum atomic E-state index is 12.9. The molecule has 2 saturated heterocycles. The van der Waals surface area contributed by atoms with E-state index in [1.54, 1.807) is 4.31 Å². The summed E-state index contributed by atoms with van der Waals surface area (Å²) in [4.78, 5) is 10.00. The highest BCUT2D eigenvalue weighted by Gasteiger charge is 2.48. The fourth-order valence-electron chi connectivity index (χ4n) is 3.59. The number of hydrogen-bond acceptors (Lipinski definition) is 5. The molecule has 2 fully saturated rings. The van der Waals surface area contributed by atoms with E-state index < -0.39 is 15.8 Å². The van der Waals surface area contributed by atoms with Gasteiger partial charge in [0, 0.05) is 19.6 Å². The van der Waals surface area contributed by atoms with E-state index in [1.807, 2.05) is 4.90 Å². The van der Waals surface area contributed by atoms with E-state index >= 15 is 0 Å². The zero-order valence-corrected chi connectivity index (χ0v) is 12.8. The predicted octanol–water partition coefficient (Wildman–Crippen LogP) is 1.01. The molecular formula is C13H19FN4O2S. The van der Waals surface area contributed by atoms with Crippen LogP contribution in [-0.4, -0.2) is 54.1 Å². The number of hydrogen-bond donors (Lipinski definition) is 0. The average Bonchev–Trinajstić information content (AvgIpc) is 2.83. The Balaban J connectivity index is 1.87. The second-order valence-corrected chi connectivity index (χ2v) is 7.80. The molecule has 0 radical (unpaired) electrons. The van der Waals surface area contributed by atoms with Gasteiger partial charge in [0.2, 0.25) is 16.0 Å². The van der Waals surface area contributed by atoms with Gasteiger partial charge in [0.05, 0.1) is 24.2 Å². The van der Waals surface area contributed by atoms with Gasteiger partial charge in [-0.15, -0.1) is 0 Å². The Labute approximate surface area is 124 Å². The minimum Gasteiger partial charge on any atom is -0.339 e. The van der Waals surface area contributed by atoms with Crippen molar-refractivity contribution in [2.75, 3.05) is 30.8 Å². The van der Waals surface area contributed by atoms with Crippen molar-refractivity contribution >= 4 is 16.0 Å². The molecule has 3 rings (SSSR count). The molecule has 1 spiro atoms. The molecule has 1 atom stereocenters. The molecule has 0 bridgehead atoms. The number of nitrogens with zero attached hydrogens (tertiary/aromatic N) is 4. The smallest absolute Gasteiger partial charge is 0.225 e. The molecule has 0 unspecified atom stereocenters. The Bertz CT molecular complexity index is 622. The lowest BCUT2D eigenvalue weighted by molar-refractivity contribution is 0.203. The lowest BCUT2D eigenvalue weighted by Gasteiger charge is -2.44. The molecule has 0 aliphatic carbocycles. The lowest BCUT2D eigenvalue weighted by atomic mass is 9.88. The minimum absolute atomic E-state index is 0.358. The van der Waals surface area contributed by atoms with Crippen LogP contribution in [0, 0.1) is 5.82 Å². The Morgan fingerprint density at radius 3 is 2.43 bits per heavy atom. The third kappa shape index (κ3) is 2.74. The van der Waals surface area contributed by atoms with Crippen LogP contribution >= 0.6 is 0 Å². The van der Waals surface area contributed by atoms with Crippen LogP contribution in [0.4, 0.5) is 10.3 Å². The summed E-state index contributed by atoms with van der Waals surface area (Å²) in [6.07, 6.45) is 7.04. The van der Waals surface area contributed by atoms with E-state index in [-0.39, 0.29) is 5.54 Å². The van der Waals surface area contributed by atoms with Crippen molar-refractivity contribution in [1.82, 2.24) is 14.3 Å². The first kappa shape index (κ1) is 14.6. The normalized spacial score (nSPS) is 27.4. The fourth-order valence-corrected chi connectivity index (χ4v) is 5.00. The molecule has 1 aromatic heterocycles. The summed E-state index contributed by atoms with van der Waals surface area (Å²) < 4.78 is 38.6. The number of halogens is 1. The summed E-state index contributed by atoms with van der Waals surface area (Å²) in [5.74, 6) is -0.0000670. The van der Waals surface area contributed by atoms with Gasteiger partial charge >= 0.3 is 0 Å². The van der Waals surface area contributed by atoms with Gasteiger partial charge in [-0.05, 0) is 25.7 Å². The van der Waals surface area contributed by atoms with Crippen LogP contribution in [0.2, 0.25) is 0 Å². The number of piperidine rings is 1. The molecule has 2 aliphatic rings. The van der Waals surface area contributed by atoms with Gasteiger partial charge in [0.1, 0.15) is 0 Å². The van der Waals surface area contributed by atoms with Crippen molar-refractivity contribution in [2.24, 2.45) is 0 Å². The number of rotatable bonds is 2. The van der Waals surface area contributed by atoms with Gasteiger partial charge in [0.15, 0.2) is 5.82 Å². The van der Waals surface area contributed by atoms with E-state index in [0.29, 0.717) is 19.0 Å². The molecule has 1 aromatic rings. The van der Waals surface area contributed by atoms with Crippen LogP contribution in [0.15, 0.2) is 12.4 Å². The maximum absolute atomic E-state index is 12.9. The van der Waals surface area contributed by atoms with Crippen LogP contribution in [0.1, 0.15) is 25.7 Å². The largest absolute Gasteiger partial charge is 0.339 e. The van der Waals surface area contributed by atoms with Gasteiger partial charge in [-0.25, -0.2) is 22.8 Å². The standard InChI is InChI=1S/C13H19FN4O2S/c1-21(19,20)18-7-3-5-13(18)4-2-6-17(10-13)12-15-8-11(14)9-16-12/h8-9H,2-7,10H2,1H3/t13-/m0/s1. The third-order valence-corrected chi connectivity index (χ3v) is 5.75. The van der Waals surface area contributed by atoms with Crippen LogP contribution in [0.5, 0.6) is 0 Å². The summed E-state index contributed by atoms with van der Waals surface area (Å²) in [6.45, 7) is 1.92. The molecule has 2 aliphatic heterocycles. The van der Waals surface area contributed by atoms with E-state index in [9.17, 15) is 12.8 Å². The summed E-state index contributed by atoms with van der Waals surface area (Å²) in [5, 5.41) is 0. The Morgan fingerprint density at radius 2 is 1.81 bits per heavy atom. The first-order valence-electron chi connectivity index (χ1n) is 7.11. The quantitative estimate of drug-likeness (QED) is 0.815. The maximum Gasteiger partial charge on any atom is 0.225 e. The van der Waals surface area contributed by atoms with Crippen LogP contribution in [-0.2, 0) is 10.0 Å². The van der Waals surface area contributed by atoms with Gasteiger partial charge in [-0.3, -0.25) is 0 Å². The molecular weight excluding hydrogens is 295 g/mol. The highest BCUT2D eigenvalue weighted by atomic mass is 32.2. The Hall–Kier alpha value is -1.28. The zero-order valence-electron chi connectivity index (χ0n) is 12.0. The van der Waals surface area contributed by atoms with Gasteiger partial charge < -0.3 is 4.90 Å². The van der Waals surface area contributed by atoms with E-state index in [4.69, 9.17) is 0 Å². The van der Waals surface area contributed by atoms with Crippen molar-refractivity contribution < 1.29 is 12.8 Å². The highest BCUT2D eigenvalue weighted by molar-refractivity contribution is 7.88. The molecule has 0 aromatic carbocycles. The molecule has 0 saturated carbocycles. The Kier molecular flexibility index (Phi) is 3.61. The van der Waals surface area contributed by atoms with Crippen molar-refractivity contribution in [3.63, 3.8) is 0 Å². The molecule has 6 nitrogen and oxygen atoms in total. The third-order valence-electron chi connectivity index (χ3n) is 4.38. The van der Waals surface area contributed by atoms with Crippen molar-refractivity contribution in [2.45, 2.75) is 31.2 Å². The number of anilines is 1. The minimum atomic E-state index is -3.22. The summed E-state index contributed by atoms with van der Waals surface area (Å²) in [7, 11) is -3.22. The van der Waals surface area contributed by atoms with Crippen molar-refractivity contribution in [3.05, 3.63) is 18.2 Å². The topological polar surface area (TPSA) is 66.4 Å². The molecule has 116 valence electrons. The molecule has 3 heterocycles. The summed E-state index contributed by atoms with van der Waals surface area (Å²) in [5.41, 5.74) is -0.358. The molecule has 8 heteroatoms. The van der Waals surface area contributed by atoms with Crippen molar-refractivity contribution in [3.8, 4) is 0 Å². The van der Waals surface area contributed by atoms with Gasteiger partial charge in [-0.2, -0.15) is 4.31 Å². The van der Waals surface area contributed by atoms with E-state index in [1.165, 1.54) is 6.26 Å². The van der Waals surface area contributed by atoms with Crippen LogP contribution in [0.25, 0.3) is 0 Å². The number of sulfonamides is 1. The average molecular weight is 314 g/mol. The second-order valence-electron chi connectivity index (χ2n) is 5.89. The SMILES string of the molecule is CS(=O)(=O)N1CCC[C@]12CCCN(c1ncc(F)cn1)C2. The fraction of sp³-hybridized carbons (Fsp3) is 0.692. The van der Waals surface area contributed by atoms with Crippen LogP contribution in [0.3, 0.4) is 0 Å². The summed E-state index contributed by atoms with van der Waals surface area (Å²) >= 11 is 0. The predicted molar refractivity (Wildman–Crippen MR) is 77.0 cm³/mol. The van der Waals surface area contributed by atoms with Gasteiger partial charge in [-0.1, -0.05) is 0 Å². The lowest BCUT2D eigenvalue weighted by Crippen LogP contribution is -2.57. The van der Waals surface area contributed by atoms with Crippen LogP contribution < -0.4 is 4.90 Å². The van der Waals surface area contributed by atoms with Gasteiger partial charge in [0.25, 0.3) is 0 Å². The molecule has 0 amide bonds. The summed E-state index contributed by atoms with van der Waals surface area (Å²) in [6, 6.07) is 0. The Morgan fingerprint density at radius 1 is 1.19 bits per heavy atom. The van der Waals surface area contributed by atoms with E-state index in [0.717, 1.165) is 44.6 Å².